The lowest BCUT2D eigenvalue weighted by Gasteiger charge is -2.13. The van der Waals surface area contributed by atoms with Gasteiger partial charge in [0.25, 0.3) is 0 Å². The summed E-state index contributed by atoms with van der Waals surface area (Å²) < 4.78 is -0.303. The minimum atomic E-state index is -0.460. The third-order valence-corrected chi connectivity index (χ3v) is 4.39. The molecular formula is C6H13BrN2O2Si. The molecule has 0 saturated carbocycles. The molecule has 0 radical (unpaired) electrons. The van der Waals surface area contributed by atoms with Crippen LogP contribution in [-0.2, 0) is 0 Å². The van der Waals surface area contributed by atoms with Gasteiger partial charge in [0.05, 0.1) is 14.2 Å². The first-order valence-electron chi connectivity index (χ1n) is 4.05. The lowest BCUT2D eigenvalue weighted by Crippen LogP contribution is -2.30. The second-order valence-corrected chi connectivity index (χ2v) is 7.11. The van der Waals surface area contributed by atoms with Gasteiger partial charge in [-0.05, 0) is 6.04 Å². The number of nitrogens with zero attached hydrogens (tertiary/aromatic N) is 1. The van der Waals surface area contributed by atoms with Crippen LogP contribution in [0, 0.1) is 0 Å². The highest BCUT2D eigenvalue weighted by Crippen LogP contribution is 2.00. The van der Waals surface area contributed by atoms with Gasteiger partial charge in [-0.3, -0.25) is 0 Å². The highest BCUT2D eigenvalue weighted by Gasteiger charge is 2.18. The molecule has 70 valence electrons. The fraction of sp³-hybridized carbons (Fsp3) is 0.833. The van der Waals surface area contributed by atoms with Crippen LogP contribution in [-0.4, -0.2) is 49.8 Å². The van der Waals surface area contributed by atoms with Crippen molar-refractivity contribution in [3.8, 4) is 0 Å². The Kier molecular flexibility index (Phi) is 4.03. The molecule has 4 nitrogen and oxygen atoms in total. The highest BCUT2D eigenvalue weighted by atomic mass is 79.9. The molecule has 0 aromatic heterocycles. The van der Waals surface area contributed by atoms with E-state index < -0.39 is 9.52 Å². The number of aliphatic hydroxyl groups excluding tert-OH is 1. The second-order valence-electron chi connectivity index (χ2n) is 2.80. The standard InChI is InChI=1S/C6H13BrN2O2Si/c7-5(10)12-4-3-9-2-1-8-6(9)11/h5,10H,1-4,12H2,(H,8,11). The van der Waals surface area contributed by atoms with E-state index in [1.807, 2.05) is 0 Å². The van der Waals surface area contributed by atoms with Crippen molar-refractivity contribution in [2.45, 2.75) is 10.7 Å². The van der Waals surface area contributed by atoms with Crippen LogP contribution in [0.4, 0.5) is 4.79 Å². The average Bonchev–Trinajstić information content (AvgIpc) is 2.36. The van der Waals surface area contributed by atoms with Crippen molar-refractivity contribution in [3.05, 3.63) is 0 Å². The van der Waals surface area contributed by atoms with Crippen molar-refractivity contribution in [1.82, 2.24) is 10.2 Å². The molecule has 2 N–H and O–H groups in total. The SMILES string of the molecule is O=C1NCCN1CC[SiH2]C(O)Br. The van der Waals surface area contributed by atoms with Crippen LogP contribution in [0.5, 0.6) is 0 Å². The minimum absolute atomic E-state index is 0.0352. The summed E-state index contributed by atoms with van der Waals surface area (Å²) >= 11 is 3.10. The smallest absolute Gasteiger partial charge is 0.317 e. The zero-order valence-electron chi connectivity index (χ0n) is 6.79. The Balaban J connectivity index is 2.10. The van der Waals surface area contributed by atoms with Crippen LogP contribution in [0.25, 0.3) is 0 Å². The van der Waals surface area contributed by atoms with E-state index in [1.165, 1.54) is 0 Å². The molecule has 0 bridgehead atoms. The van der Waals surface area contributed by atoms with E-state index in [0.29, 0.717) is 0 Å². The topological polar surface area (TPSA) is 52.6 Å². The summed E-state index contributed by atoms with van der Waals surface area (Å²) in [5, 5.41) is 11.7. The molecule has 1 heterocycles. The quantitative estimate of drug-likeness (QED) is 0.512. The summed E-state index contributed by atoms with van der Waals surface area (Å²) in [4.78, 5) is 12.8. The summed E-state index contributed by atoms with van der Waals surface area (Å²) in [5.41, 5.74) is 0. The first-order chi connectivity index (χ1) is 5.70. The lowest BCUT2D eigenvalue weighted by atomic mass is 10.6. The minimum Gasteiger partial charge on any atom is -0.386 e. The number of carbonyl (C=O) groups excluding carboxylic acids is 1. The molecule has 0 spiro atoms. The average molecular weight is 253 g/mol. The van der Waals surface area contributed by atoms with E-state index in [2.05, 4.69) is 21.2 Å². The number of amides is 2. The number of hydrogen-bond acceptors (Lipinski definition) is 2. The number of nitrogens with one attached hydrogen (secondary N) is 1. The van der Waals surface area contributed by atoms with Crippen LogP contribution in [0.2, 0.25) is 6.04 Å². The van der Waals surface area contributed by atoms with Crippen LogP contribution in [0.3, 0.4) is 0 Å². The maximum Gasteiger partial charge on any atom is 0.317 e. The van der Waals surface area contributed by atoms with Crippen molar-refractivity contribution < 1.29 is 9.90 Å². The Hall–Kier alpha value is -0.0731. The van der Waals surface area contributed by atoms with Crippen molar-refractivity contribution in [3.63, 3.8) is 0 Å². The summed E-state index contributed by atoms with van der Waals surface area (Å²) in [5.74, 6) is 0. The van der Waals surface area contributed by atoms with E-state index in [-0.39, 0.29) is 10.7 Å². The van der Waals surface area contributed by atoms with Crippen molar-refractivity contribution in [2.75, 3.05) is 19.6 Å². The Morgan fingerprint density at radius 1 is 1.83 bits per heavy atom. The molecule has 1 rings (SSSR count). The largest absolute Gasteiger partial charge is 0.386 e. The Bertz CT molecular complexity index is 168. The van der Waals surface area contributed by atoms with Crippen LogP contribution in [0.1, 0.15) is 0 Å². The van der Waals surface area contributed by atoms with Gasteiger partial charge in [0, 0.05) is 19.6 Å². The monoisotopic (exact) mass is 252 g/mol. The highest BCUT2D eigenvalue weighted by molar-refractivity contribution is 9.10. The maximum absolute atomic E-state index is 11.0. The molecule has 2 amide bonds. The zero-order chi connectivity index (χ0) is 8.97. The first kappa shape index (κ1) is 10.0. The fourth-order valence-electron chi connectivity index (χ4n) is 1.18. The lowest BCUT2D eigenvalue weighted by molar-refractivity contribution is 0.219. The molecule has 1 fully saturated rings. The van der Waals surface area contributed by atoms with E-state index >= 15 is 0 Å². The Morgan fingerprint density at radius 3 is 3.08 bits per heavy atom. The van der Waals surface area contributed by atoms with Crippen molar-refractivity contribution >= 4 is 31.5 Å². The molecule has 0 aromatic carbocycles. The number of urea groups is 1. The van der Waals surface area contributed by atoms with E-state index in [9.17, 15) is 4.79 Å². The normalized spacial score (nSPS) is 20.5. The fourth-order valence-corrected chi connectivity index (χ4v) is 3.05. The third kappa shape index (κ3) is 3.12. The predicted octanol–water partition coefficient (Wildman–Crippen LogP) is -0.730. The molecule has 1 atom stereocenters. The number of halogens is 1. The number of aliphatic hydroxyl groups is 1. The Labute approximate surface area is 82.3 Å². The number of hydrogen-bond donors (Lipinski definition) is 2. The molecule has 1 unspecified atom stereocenters. The number of rotatable bonds is 4. The van der Waals surface area contributed by atoms with E-state index in [4.69, 9.17) is 5.11 Å². The van der Waals surface area contributed by atoms with Gasteiger partial charge in [-0.2, -0.15) is 0 Å². The van der Waals surface area contributed by atoms with Gasteiger partial charge in [0.15, 0.2) is 0 Å². The predicted molar refractivity (Wildman–Crippen MR) is 53.3 cm³/mol. The van der Waals surface area contributed by atoms with Gasteiger partial charge >= 0.3 is 6.03 Å². The molecule has 0 aromatic rings. The first-order valence-corrected chi connectivity index (χ1v) is 6.78. The number of carbonyl (C=O) groups is 1. The zero-order valence-corrected chi connectivity index (χ0v) is 9.79. The second kappa shape index (κ2) is 4.83. The van der Waals surface area contributed by atoms with Crippen molar-refractivity contribution in [2.24, 2.45) is 0 Å². The summed E-state index contributed by atoms with van der Waals surface area (Å²) in [6, 6.07) is 1.01. The summed E-state index contributed by atoms with van der Waals surface area (Å²) in [6.07, 6.45) is 0. The van der Waals surface area contributed by atoms with E-state index in [0.717, 1.165) is 25.7 Å². The molecule has 6 heteroatoms. The molecule has 0 aliphatic carbocycles. The third-order valence-electron chi connectivity index (χ3n) is 1.82. The van der Waals surface area contributed by atoms with Gasteiger partial charge in [0.2, 0.25) is 0 Å². The van der Waals surface area contributed by atoms with Gasteiger partial charge < -0.3 is 15.3 Å². The molecule has 1 aliphatic heterocycles. The summed E-state index contributed by atoms with van der Waals surface area (Å²) in [6.45, 7) is 2.36. The molecular weight excluding hydrogens is 240 g/mol. The van der Waals surface area contributed by atoms with Crippen LogP contribution in [0.15, 0.2) is 0 Å². The van der Waals surface area contributed by atoms with Gasteiger partial charge in [0.1, 0.15) is 0 Å². The van der Waals surface area contributed by atoms with Crippen LogP contribution >= 0.6 is 15.9 Å². The van der Waals surface area contributed by atoms with Gasteiger partial charge in [-0.15, -0.1) is 0 Å². The van der Waals surface area contributed by atoms with Gasteiger partial charge in [-0.1, -0.05) is 15.9 Å². The van der Waals surface area contributed by atoms with E-state index in [1.54, 1.807) is 4.90 Å². The molecule has 12 heavy (non-hydrogen) atoms. The maximum atomic E-state index is 11.0. The van der Waals surface area contributed by atoms with Crippen molar-refractivity contribution in [1.29, 1.82) is 0 Å². The summed E-state index contributed by atoms with van der Waals surface area (Å²) in [7, 11) is -0.460. The molecule has 1 aliphatic rings. The van der Waals surface area contributed by atoms with Gasteiger partial charge in [-0.25, -0.2) is 4.79 Å². The number of alkyl halides is 1. The molecule has 1 saturated heterocycles. The van der Waals surface area contributed by atoms with Crippen LogP contribution < -0.4 is 5.32 Å². The Morgan fingerprint density at radius 2 is 2.58 bits per heavy atom.